The molecule has 2 rings (SSSR count). The third-order valence-electron chi connectivity index (χ3n) is 1.80. The van der Waals surface area contributed by atoms with Crippen LogP contribution in [0.5, 0.6) is 0 Å². The third-order valence-corrected chi connectivity index (χ3v) is 1.80. The number of furan rings is 1. The predicted molar refractivity (Wildman–Crippen MR) is 43.8 cm³/mol. The molecular weight excluding hydrogens is 170 g/mol. The standard InChI is InChI=1S/C8H9N3O2/c1-11-8(9-5-10-11)7(12)6-3-2-4-13-6/h2-5,7,12H,1H3. The van der Waals surface area contributed by atoms with Gasteiger partial charge >= 0.3 is 0 Å². The number of aryl methyl sites for hydroxylation is 1. The van der Waals surface area contributed by atoms with Gasteiger partial charge in [0.05, 0.1) is 6.26 Å². The van der Waals surface area contributed by atoms with Crippen molar-refractivity contribution in [2.24, 2.45) is 7.05 Å². The van der Waals surface area contributed by atoms with E-state index >= 15 is 0 Å². The van der Waals surface area contributed by atoms with Gasteiger partial charge in [0.2, 0.25) is 0 Å². The van der Waals surface area contributed by atoms with Gasteiger partial charge in [-0.3, -0.25) is 4.68 Å². The van der Waals surface area contributed by atoms with Crippen molar-refractivity contribution in [1.29, 1.82) is 0 Å². The molecule has 0 saturated carbocycles. The highest BCUT2D eigenvalue weighted by Gasteiger charge is 2.17. The van der Waals surface area contributed by atoms with E-state index in [2.05, 4.69) is 10.1 Å². The molecule has 2 aromatic heterocycles. The van der Waals surface area contributed by atoms with E-state index in [0.717, 1.165) is 0 Å². The molecule has 1 N–H and O–H groups in total. The van der Waals surface area contributed by atoms with Gasteiger partial charge in [-0.05, 0) is 12.1 Å². The van der Waals surface area contributed by atoms with Crippen LogP contribution in [0.3, 0.4) is 0 Å². The number of nitrogens with zero attached hydrogens (tertiary/aromatic N) is 3. The molecule has 13 heavy (non-hydrogen) atoms. The number of aromatic nitrogens is 3. The first-order chi connectivity index (χ1) is 6.29. The van der Waals surface area contributed by atoms with Crippen molar-refractivity contribution in [3.8, 4) is 0 Å². The summed E-state index contributed by atoms with van der Waals surface area (Å²) in [6.07, 6.45) is 2.05. The van der Waals surface area contributed by atoms with Crippen LogP contribution in [0.1, 0.15) is 17.7 Å². The van der Waals surface area contributed by atoms with Gasteiger partial charge in [-0.15, -0.1) is 0 Å². The first-order valence-corrected chi connectivity index (χ1v) is 3.84. The summed E-state index contributed by atoms with van der Waals surface area (Å²) in [7, 11) is 1.72. The number of aliphatic hydroxyl groups is 1. The smallest absolute Gasteiger partial charge is 0.171 e. The van der Waals surface area contributed by atoms with Crippen molar-refractivity contribution in [3.05, 3.63) is 36.3 Å². The fraction of sp³-hybridized carbons (Fsp3) is 0.250. The summed E-state index contributed by atoms with van der Waals surface area (Å²) >= 11 is 0. The Balaban J connectivity index is 2.33. The van der Waals surface area contributed by atoms with Gasteiger partial charge in [0.1, 0.15) is 12.1 Å². The number of hydrogen-bond donors (Lipinski definition) is 1. The second-order valence-electron chi connectivity index (χ2n) is 2.66. The fourth-order valence-corrected chi connectivity index (χ4v) is 1.13. The molecule has 5 nitrogen and oxygen atoms in total. The molecule has 0 fully saturated rings. The minimum Gasteiger partial charge on any atom is -0.466 e. The average Bonchev–Trinajstić information content (AvgIpc) is 2.72. The van der Waals surface area contributed by atoms with Crippen molar-refractivity contribution in [3.63, 3.8) is 0 Å². The lowest BCUT2D eigenvalue weighted by molar-refractivity contribution is 0.175. The SMILES string of the molecule is Cn1ncnc1C(O)c1ccco1. The molecular formula is C8H9N3O2. The van der Waals surface area contributed by atoms with E-state index in [1.165, 1.54) is 17.3 Å². The molecule has 5 heteroatoms. The summed E-state index contributed by atoms with van der Waals surface area (Å²) in [5.41, 5.74) is 0. The zero-order valence-electron chi connectivity index (χ0n) is 7.08. The van der Waals surface area contributed by atoms with E-state index in [0.29, 0.717) is 11.6 Å². The first kappa shape index (κ1) is 8.00. The van der Waals surface area contributed by atoms with Crippen molar-refractivity contribution < 1.29 is 9.52 Å². The minimum absolute atomic E-state index is 0.468. The number of hydrogen-bond acceptors (Lipinski definition) is 4. The summed E-state index contributed by atoms with van der Waals surface area (Å²) < 4.78 is 6.55. The molecule has 0 aliphatic rings. The van der Waals surface area contributed by atoms with E-state index in [1.807, 2.05) is 0 Å². The molecule has 2 heterocycles. The van der Waals surface area contributed by atoms with Crippen LogP contribution in [-0.2, 0) is 7.05 Å². The van der Waals surface area contributed by atoms with Gasteiger partial charge in [0.25, 0.3) is 0 Å². The average molecular weight is 179 g/mol. The van der Waals surface area contributed by atoms with E-state index in [9.17, 15) is 5.11 Å². The summed E-state index contributed by atoms with van der Waals surface area (Å²) in [6, 6.07) is 3.41. The maximum atomic E-state index is 9.73. The molecule has 0 radical (unpaired) electrons. The highest BCUT2D eigenvalue weighted by atomic mass is 16.4. The summed E-state index contributed by atoms with van der Waals surface area (Å²) in [4.78, 5) is 3.91. The fourth-order valence-electron chi connectivity index (χ4n) is 1.13. The molecule has 1 atom stereocenters. The maximum Gasteiger partial charge on any atom is 0.171 e. The zero-order chi connectivity index (χ0) is 9.26. The van der Waals surface area contributed by atoms with Crippen molar-refractivity contribution in [2.45, 2.75) is 6.10 Å². The quantitative estimate of drug-likeness (QED) is 0.728. The largest absolute Gasteiger partial charge is 0.466 e. The molecule has 0 bridgehead atoms. The zero-order valence-corrected chi connectivity index (χ0v) is 7.08. The van der Waals surface area contributed by atoms with Gasteiger partial charge in [-0.2, -0.15) is 5.10 Å². The highest BCUT2D eigenvalue weighted by Crippen LogP contribution is 2.18. The lowest BCUT2D eigenvalue weighted by atomic mass is 10.2. The lowest BCUT2D eigenvalue weighted by Crippen LogP contribution is -2.07. The lowest BCUT2D eigenvalue weighted by Gasteiger charge is -2.05. The monoisotopic (exact) mass is 179 g/mol. The van der Waals surface area contributed by atoms with Crippen LogP contribution in [0.25, 0.3) is 0 Å². The maximum absolute atomic E-state index is 9.73. The van der Waals surface area contributed by atoms with Crippen LogP contribution in [0.2, 0.25) is 0 Å². The molecule has 68 valence electrons. The van der Waals surface area contributed by atoms with Gasteiger partial charge in [-0.25, -0.2) is 4.98 Å². The summed E-state index contributed by atoms with van der Waals surface area (Å²) in [5.74, 6) is 0.936. The summed E-state index contributed by atoms with van der Waals surface area (Å²) in [6.45, 7) is 0. The Morgan fingerprint density at radius 2 is 2.46 bits per heavy atom. The molecule has 0 aromatic carbocycles. The van der Waals surface area contributed by atoms with E-state index in [4.69, 9.17) is 4.42 Å². The molecule has 0 amide bonds. The Morgan fingerprint density at radius 1 is 1.62 bits per heavy atom. The molecule has 1 unspecified atom stereocenters. The van der Waals surface area contributed by atoms with E-state index < -0.39 is 6.10 Å². The van der Waals surface area contributed by atoms with Crippen LogP contribution < -0.4 is 0 Å². The molecule has 0 aliphatic heterocycles. The van der Waals surface area contributed by atoms with Gasteiger partial charge < -0.3 is 9.52 Å². The van der Waals surface area contributed by atoms with Crippen LogP contribution in [0.15, 0.2) is 29.1 Å². The molecule has 0 aliphatic carbocycles. The summed E-state index contributed by atoms with van der Waals surface area (Å²) in [5, 5.41) is 13.6. The Kier molecular flexibility index (Phi) is 1.86. The van der Waals surface area contributed by atoms with Crippen LogP contribution in [0.4, 0.5) is 0 Å². The Hall–Kier alpha value is -1.62. The normalized spacial score (nSPS) is 13.1. The topological polar surface area (TPSA) is 64.1 Å². The van der Waals surface area contributed by atoms with Gasteiger partial charge in [-0.1, -0.05) is 0 Å². The molecule has 0 spiro atoms. The van der Waals surface area contributed by atoms with Crippen LogP contribution in [0, 0.1) is 0 Å². The number of rotatable bonds is 2. The van der Waals surface area contributed by atoms with Crippen molar-refractivity contribution in [2.75, 3.05) is 0 Å². The second-order valence-corrected chi connectivity index (χ2v) is 2.66. The molecule has 2 aromatic rings. The van der Waals surface area contributed by atoms with Crippen molar-refractivity contribution in [1.82, 2.24) is 14.8 Å². The Morgan fingerprint density at radius 3 is 3.00 bits per heavy atom. The van der Waals surface area contributed by atoms with Crippen molar-refractivity contribution >= 4 is 0 Å². The first-order valence-electron chi connectivity index (χ1n) is 3.84. The van der Waals surface area contributed by atoms with Crippen LogP contribution >= 0.6 is 0 Å². The Labute approximate surface area is 74.6 Å². The minimum atomic E-state index is -0.845. The number of aliphatic hydroxyl groups excluding tert-OH is 1. The Bertz CT molecular complexity index is 380. The van der Waals surface area contributed by atoms with Crippen LogP contribution in [-0.4, -0.2) is 19.9 Å². The third kappa shape index (κ3) is 1.33. The van der Waals surface area contributed by atoms with E-state index in [-0.39, 0.29) is 0 Å². The predicted octanol–water partition coefficient (Wildman–Crippen LogP) is 0.490. The van der Waals surface area contributed by atoms with E-state index in [1.54, 1.807) is 19.2 Å². The molecule has 0 saturated heterocycles. The van der Waals surface area contributed by atoms with Gasteiger partial charge in [0.15, 0.2) is 11.9 Å². The highest BCUT2D eigenvalue weighted by molar-refractivity contribution is 5.10. The second kappa shape index (κ2) is 3.02. The van der Waals surface area contributed by atoms with Gasteiger partial charge in [0, 0.05) is 7.05 Å².